The Labute approximate surface area is 239 Å². The molecule has 0 bridgehead atoms. The number of hydrogen-bond donors (Lipinski definition) is 2. The van der Waals surface area contributed by atoms with Crippen LogP contribution in [0.4, 0.5) is 5.69 Å². The second kappa shape index (κ2) is 12.4. The number of morpholine rings is 1. The Hall–Kier alpha value is -3.73. The molecule has 1 amide bonds. The predicted octanol–water partition coefficient (Wildman–Crippen LogP) is 4.50. The lowest BCUT2D eigenvalue weighted by atomic mass is 9.90. The standard InChI is InChI=1S/C32H34N4O5/c1-21-29(19-36-14-16-39-17-15-36)40-32(41-30(21)23-8-6-22(20-37)7-9-23)24-10-12-25(13-11-24)34-31(38)28-18-33-26-4-2-3-5-27(26)35-28/h2-13,18,21,29-30,32,37H,14-17,19-20H2,1H3,(H,34,38)/t21-,29+,30+,32+/m0/s1. The Kier molecular flexibility index (Phi) is 8.31. The van der Waals surface area contributed by atoms with Crippen molar-refractivity contribution in [2.24, 2.45) is 5.92 Å². The van der Waals surface area contributed by atoms with Crippen LogP contribution in [0.5, 0.6) is 0 Å². The predicted molar refractivity (Wildman–Crippen MR) is 154 cm³/mol. The van der Waals surface area contributed by atoms with Crippen LogP contribution in [-0.4, -0.2) is 64.8 Å². The van der Waals surface area contributed by atoms with Crippen LogP contribution in [0, 0.1) is 5.92 Å². The number of hydrogen-bond acceptors (Lipinski definition) is 8. The number of anilines is 1. The quantitative estimate of drug-likeness (QED) is 0.344. The maximum Gasteiger partial charge on any atom is 0.275 e. The van der Waals surface area contributed by atoms with Gasteiger partial charge in [-0.1, -0.05) is 55.5 Å². The molecule has 3 aromatic carbocycles. The lowest BCUT2D eigenvalue weighted by molar-refractivity contribution is -0.277. The fraction of sp³-hybridized carbons (Fsp3) is 0.344. The number of fused-ring (bicyclic) bond motifs is 1. The lowest BCUT2D eigenvalue weighted by Gasteiger charge is -2.43. The van der Waals surface area contributed by atoms with Crippen molar-refractivity contribution in [2.45, 2.75) is 32.0 Å². The van der Waals surface area contributed by atoms with Crippen LogP contribution >= 0.6 is 0 Å². The first-order valence-corrected chi connectivity index (χ1v) is 14.0. The molecule has 2 aliphatic rings. The number of aromatic nitrogens is 2. The molecule has 2 fully saturated rings. The third kappa shape index (κ3) is 6.29. The lowest BCUT2D eigenvalue weighted by Crippen LogP contribution is -2.47. The van der Waals surface area contributed by atoms with Crippen molar-refractivity contribution in [1.82, 2.24) is 14.9 Å². The number of ether oxygens (including phenoxy) is 3. The van der Waals surface area contributed by atoms with E-state index in [2.05, 4.69) is 27.1 Å². The second-order valence-corrected chi connectivity index (χ2v) is 10.6. The summed E-state index contributed by atoms with van der Waals surface area (Å²) in [6.45, 7) is 6.17. The molecule has 6 rings (SSSR count). The van der Waals surface area contributed by atoms with Gasteiger partial charge >= 0.3 is 0 Å². The van der Waals surface area contributed by atoms with E-state index in [9.17, 15) is 9.90 Å². The highest BCUT2D eigenvalue weighted by atomic mass is 16.7. The summed E-state index contributed by atoms with van der Waals surface area (Å²) in [5.74, 6) is -0.220. The number of aliphatic hydroxyl groups is 1. The van der Waals surface area contributed by atoms with Gasteiger partial charge in [-0.3, -0.25) is 14.7 Å². The molecule has 2 N–H and O–H groups in total. The summed E-state index contributed by atoms with van der Waals surface area (Å²) in [7, 11) is 0. The minimum Gasteiger partial charge on any atom is -0.392 e. The Morgan fingerprint density at radius 1 is 0.951 bits per heavy atom. The Morgan fingerprint density at radius 2 is 1.66 bits per heavy atom. The summed E-state index contributed by atoms with van der Waals surface area (Å²) < 4.78 is 18.7. The van der Waals surface area contributed by atoms with Crippen molar-refractivity contribution in [3.63, 3.8) is 0 Å². The van der Waals surface area contributed by atoms with Crippen molar-refractivity contribution < 1.29 is 24.1 Å². The number of aliphatic hydroxyl groups excluding tert-OH is 1. The van der Waals surface area contributed by atoms with E-state index in [1.54, 1.807) is 0 Å². The van der Waals surface area contributed by atoms with Crippen LogP contribution in [0.1, 0.15) is 46.5 Å². The zero-order valence-corrected chi connectivity index (χ0v) is 23.0. The summed E-state index contributed by atoms with van der Waals surface area (Å²) in [4.78, 5) is 24.0. The van der Waals surface area contributed by atoms with Gasteiger partial charge < -0.3 is 24.6 Å². The number of rotatable bonds is 7. The van der Waals surface area contributed by atoms with Gasteiger partial charge in [0.05, 0.1) is 49.3 Å². The van der Waals surface area contributed by atoms with Crippen molar-refractivity contribution in [3.8, 4) is 0 Å². The van der Waals surface area contributed by atoms with Gasteiger partial charge in [-0.2, -0.15) is 0 Å². The number of carbonyl (C=O) groups is 1. The average Bonchev–Trinajstić information content (AvgIpc) is 3.03. The highest BCUT2D eigenvalue weighted by molar-refractivity contribution is 6.03. The number of nitrogens with zero attached hydrogens (tertiary/aromatic N) is 3. The van der Waals surface area contributed by atoms with E-state index in [1.807, 2.05) is 72.8 Å². The number of benzene rings is 3. The fourth-order valence-corrected chi connectivity index (χ4v) is 5.35. The van der Waals surface area contributed by atoms with Gasteiger partial charge in [-0.25, -0.2) is 4.98 Å². The number of carbonyl (C=O) groups excluding carboxylic acids is 1. The van der Waals surface area contributed by atoms with Gasteiger partial charge in [0.15, 0.2) is 6.29 Å². The minimum absolute atomic E-state index is 0.00305. The van der Waals surface area contributed by atoms with Gasteiger partial charge in [-0.15, -0.1) is 0 Å². The molecule has 4 atom stereocenters. The summed E-state index contributed by atoms with van der Waals surface area (Å²) >= 11 is 0. The van der Waals surface area contributed by atoms with Crippen molar-refractivity contribution in [1.29, 1.82) is 0 Å². The second-order valence-electron chi connectivity index (χ2n) is 10.6. The molecule has 0 saturated carbocycles. The maximum absolute atomic E-state index is 12.9. The fourth-order valence-electron chi connectivity index (χ4n) is 5.35. The maximum atomic E-state index is 12.9. The van der Waals surface area contributed by atoms with Crippen LogP contribution < -0.4 is 5.32 Å². The van der Waals surface area contributed by atoms with E-state index in [1.165, 1.54) is 6.20 Å². The molecular formula is C32H34N4O5. The highest BCUT2D eigenvalue weighted by Crippen LogP contribution is 2.42. The van der Waals surface area contributed by atoms with E-state index in [0.29, 0.717) is 11.2 Å². The molecule has 3 heterocycles. The third-order valence-corrected chi connectivity index (χ3v) is 7.79. The van der Waals surface area contributed by atoms with E-state index >= 15 is 0 Å². The first kappa shape index (κ1) is 27.4. The molecule has 4 aromatic rings. The largest absolute Gasteiger partial charge is 0.392 e. The number of para-hydroxylation sites is 2. The SMILES string of the molecule is C[C@H]1[C@@H](CN2CCOCC2)O[C@@H](c2ccc(NC(=O)c3cnc4ccccc4n3)cc2)O[C@H]1c1ccc(CO)cc1. The molecule has 1 aromatic heterocycles. The summed E-state index contributed by atoms with van der Waals surface area (Å²) in [6.07, 6.45) is 0.674. The monoisotopic (exact) mass is 554 g/mol. The molecular weight excluding hydrogens is 520 g/mol. The molecule has 0 aliphatic carbocycles. The molecule has 2 saturated heterocycles. The zero-order valence-electron chi connectivity index (χ0n) is 23.0. The van der Waals surface area contributed by atoms with Crippen LogP contribution in [0.3, 0.4) is 0 Å². The molecule has 9 nitrogen and oxygen atoms in total. The molecule has 2 aliphatic heterocycles. The van der Waals surface area contributed by atoms with E-state index in [-0.39, 0.29) is 36.3 Å². The smallest absolute Gasteiger partial charge is 0.275 e. The van der Waals surface area contributed by atoms with Crippen LogP contribution in [0.15, 0.2) is 79.0 Å². The van der Waals surface area contributed by atoms with Crippen molar-refractivity contribution in [2.75, 3.05) is 38.2 Å². The van der Waals surface area contributed by atoms with Crippen LogP contribution in [-0.2, 0) is 20.8 Å². The van der Waals surface area contributed by atoms with E-state index < -0.39 is 6.29 Å². The summed E-state index contributed by atoms with van der Waals surface area (Å²) in [5, 5.41) is 12.4. The zero-order chi connectivity index (χ0) is 28.2. The van der Waals surface area contributed by atoms with Gasteiger partial charge in [0, 0.05) is 36.8 Å². The Balaban J connectivity index is 1.19. The average molecular weight is 555 g/mol. The number of amides is 1. The highest BCUT2D eigenvalue weighted by Gasteiger charge is 2.39. The first-order valence-electron chi connectivity index (χ1n) is 14.0. The minimum atomic E-state index is -0.573. The number of nitrogens with one attached hydrogen (secondary N) is 1. The van der Waals surface area contributed by atoms with Gasteiger partial charge in [0.1, 0.15) is 5.69 Å². The molecule has 41 heavy (non-hydrogen) atoms. The molecule has 9 heteroatoms. The molecule has 0 radical (unpaired) electrons. The van der Waals surface area contributed by atoms with Crippen molar-refractivity contribution >= 4 is 22.6 Å². The summed E-state index contributed by atoms with van der Waals surface area (Å²) in [5.41, 5.74) is 5.08. The van der Waals surface area contributed by atoms with Gasteiger partial charge in [0.25, 0.3) is 5.91 Å². The molecule has 212 valence electrons. The normalized spacial score (nSPS) is 23.4. The van der Waals surface area contributed by atoms with Gasteiger partial charge in [-0.05, 0) is 35.4 Å². The molecule has 0 spiro atoms. The van der Waals surface area contributed by atoms with Gasteiger partial charge in [0.2, 0.25) is 0 Å². The Bertz CT molecular complexity index is 1470. The Morgan fingerprint density at radius 3 is 2.39 bits per heavy atom. The van der Waals surface area contributed by atoms with E-state index in [4.69, 9.17) is 14.2 Å². The van der Waals surface area contributed by atoms with Crippen molar-refractivity contribution in [3.05, 3.63) is 101 Å². The first-order chi connectivity index (χ1) is 20.1. The van der Waals surface area contributed by atoms with Crippen LogP contribution in [0.2, 0.25) is 0 Å². The van der Waals surface area contributed by atoms with E-state index in [0.717, 1.165) is 55.1 Å². The topological polar surface area (TPSA) is 106 Å². The molecule has 0 unspecified atom stereocenters. The van der Waals surface area contributed by atoms with Crippen LogP contribution in [0.25, 0.3) is 11.0 Å². The summed E-state index contributed by atoms with van der Waals surface area (Å²) in [6, 6.07) is 22.9. The third-order valence-electron chi connectivity index (χ3n) is 7.79.